The molecule has 1 aromatic heterocycles. The van der Waals surface area contributed by atoms with E-state index in [1.165, 1.54) is 10.9 Å². The molecule has 1 aromatic carbocycles. The number of hydrogen-bond acceptors (Lipinski definition) is 5. The smallest absolute Gasteiger partial charge is 0.289 e. The van der Waals surface area contributed by atoms with Crippen molar-refractivity contribution in [2.75, 3.05) is 6.61 Å². The largest absolute Gasteiger partial charge is 0.494 e. The average molecular weight is 467 g/mol. The minimum absolute atomic E-state index is 0.0296. The zero-order valence-corrected chi connectivity index (χ0v) is 21.4. The summed E-state index contributed by atoms with van der Waals surface area (Å²) in [5.41, 5.74) is 0.101. The molecule has 0 fully saturated rings. The van der Waals surface area contributed by atoms with Crippen LogP contribution in [0.15, 0.2) is 35.3 Å². The van der Waals surface area contributed by atoms with Crippen LogP contribution < -0.4 is 15.0 Å². The van der Waals surface area contributed by atoms with Crippen molar-refractivity contribution in [2.45, 2.75) is 77.7 Å². The molecule has 0 bridgehead atoms. The summed E-state index contributed by atoms with van der Waals surface area (Å²) < 4.78 is 12.9. The zero-order valence-electron chi connectivity index (χ0n) is 19.7. The SMILES string of the molecule is CC(C)(C)n1ncc(OCc2ccc(OCCCC(C)(C)[Si](C)(C)O)cc2)c(Cl)c1=O. The summed E-state index contributed by atoms with van der Waals surface area (Å²) in [5, 5.41) is 4.16. The van der Waals surface area contributed by atoms with Crippen molar-refractivity contribution in [1.29, 1.82) is 0 Å². The summed E-state index contributed by atoms with van der Waals surface area (Å²) in [6.45, 7) is 14.7. The van der Waals surface area contributed by atoms with Gasteiger partial charge in [0.15, 0.2) is 19.1 Å². The Kier molecular flexibility index (Phi) is 8.00. The first-order valence-electron chi connectivity index (χ1n) is 10.6. The van der Waals surface area contributed by atoms with Crippen LogP contribution in [-0.2, 0) is 12.1 Å². The maximum absolute atomic E-state index is 12.4. The van der Waals surface area contributed by atoms with E-state index in [-0.39, 0.29) is 28.0 Å². The van der Waals surface area contributed by atoms with E-state index in [9.17, 15) is 9.59 Å². The lowest BCUT2D eigenvalue weighted by Crippen LogP contribution is -2.39. The average Bonchev–Trinajstić information content (AvgIpc) is 2.65. The molecule has 172 valence electrons. The molecule has 0 atom stereocenters. The van der Waals surface area contributed by atoms with E-state index in [1.54, 1.807) is 0 Å². The van der Waals surface area contributed by atoms with Crippen molar-refractivity contribution in [2.24, 2.45) is 0 Å². The molecule has 1 heterocycles. The Balaban J connectivity index is 1.88. The van der Waals surface area contributed by atoms with Gasteiger partial charge < -0.3 is 14.3 Å². The van der Waals surface area contributed by atoms with Crippen LogP contribution in [0.25, 0.3) is 0 Å². The Hall–Kier alpha value is -1.83. The Morgan fingerprint density at radius 3 is 2.26 bits per heavy atom. The first-order valence-corrected chi connectivity index (χ1v) is 13.9. The summed E-state index contributed by atoms with van der Waals surface area (Å²) in [6.07, 6.45) is 3.29. The van der Waals surface area contributed by atoms with E-state index < -0.39 is 13.9 Å². The van der Waals surface area contributed by atoms with Gasteiger partial charge in [-0.3, -0.25) is 4.79 Å². The predicted molar refractivity (Wildman–Crippen MR) is 128 cm³/mol. The van der Waals surface area contributed by atoms with Crippen molar-refractivity contribution in [3.63, 3.8) is 0 Å². The summed E-state index contributed by atoms with van der Waals surface area (Å²) in [6, 6.07) is 7.62. The van der Waals surface area contributed by atoms with Crippen LogP contribution in [0.2, 0.25) is 23.2 Å². The van der Waals surface area contributed by atoms with Gasteiger partial charge in [0.2, 0.25) is 0 Å². The monoisotopic (exact) mass is 466 g/mol. The summed E-state index contributed by atoms with van der Waals surface area (Å²) >= 11 is 6.20. The van der Waals surface area contributed by atoms with Crippen molar-refractivity contribution >= 4 is 19.9 Å². The van der Waals surface area contributed by atoms with E-state index >= 15 is 0 Å². The number of halogens is 1. The normalized spacial score (nSPS) is 12.7. The maximum atomic E-state index is 12.4. The van der Waals surface area contributed by atoms with Crippen molar-refractivity contribution in [1.82, 2.24) is 9.78 Å². The quantitative estimate of drug-likeness (QED) is 0.397. The van der Waals surface area contributed by atoms with Crippen LogP contribution in [0.4, 0.5) is 0 Å². The third-order valence-corrected chi connectivity index (χ3v) is 9.62. The molecule has 2 rings (SSSR count). The molecule has 0 saturated heterocycles. The van der Waals surface area contributed by atoms with Crippen LogP contribution in [0.3, 0.4) is 0 Å². The van der Waals surface area contributed by atoms with Gasteiger partial charge in [-0.1, -0.05) is 37.6 Å². The maximum Gasteiger partial charge on any atom is 0.289 e. The standard InChI is InChI=1S/C23H35ClN2O4Si/c1-22(2,3)26-21(27)20(24)19(15-25-26)30-16-17-9-11-18(12-10-17)29-14-8-13-23(4,5)31(6,7)28/h9-12,15,28H,8,13-14,16H2,1-7H3. The molecule has 8 heteroatoms. The van der Waals surface area contributed by atoms with Gasteiger partial charge >= 0.3 is 0 Å². The highest BCUT2D eigenvalue weighted by Crippen LogP contribution is 2.39. The number of aromatic nitrogens is 2. The van der Waals surface area contributed by atoms with Gasteiger partial charge in [-0.15, -0.1) is 0 Å². The number of ether oxygens (including phenoxy) is 2. The van der Waals surface area contributed by atoms with Crippen molar-refractivity contribution < 1.29 is 14.3 Å². The van der Waals surface area contributed by atoms with Crippen LogP contribution in [0.5, 0.6) is 11.5 Å². The second kappa shape index (κ2) is 9.75. The molecular formula is C23H35ClN2O4Si. The van der Waals surface area contributed by atoms with E-state index in [2.05, 4.69) is 18.9 Å². The van der Waals surface area contributed by atoms with Gasteiger partial charge in [0.05, 0.1) is 18.3 Å². The Morgan fingerprint density at radius 2 is 1.71 bits per heavy atom. The van der Waals surface area contributed by atoms with Gasteiger partial charge in [0.1, 0.15) is 12.4 Å². The topological polar surface area (TPSA) is 73.6 Å². The van der Waals surface area contributed by atoms with Gasteiger partial charge in [0, 0.05) is 0 Å². The first kappa shape index (κ1) is 25.4. The van der Waals surface area contributed by atoms with E-state index in [1.807, 2.05) is 58.1 Å². The third-order valence-electron chi connectivity index (χ3n) is 5.71. The lowest BCUT2D eigenvalue weighted by Gasteiger charge is -2.35. The fraction of sp³-hybridized carbons (Fsp3) is 0.565. The molecule has 6 nitrogen and oxygen atoms in total. The van der Waals surface area contributed by atoms with Gasteiger partial charge in [0.25, 0.3) is 5.56 Å². The van der Waals surface area contributed by atoms with Crippen LogP contribution in [0, 0.1) is 0 Å². The summed E-state index contributed by atoms with van der Waals surface area (Å²) in [5.74, 6) is 1.06. The molecule has 2 aromatic rings. The highest BCUT2D eigenvalue weighted by atomic mass is 35.5. The fourth-order valence-corrected chi connectivity index (χ4v) is 3.82. The molecule has 0 saturated carbocycles. The molecule has 31 heavy (non-hydrogen) atoms. The molecule has 0 aliphatic heterocycles. The highest BCUT2D eigenvalue weighted by molar-refractivity contribution is 6.72. The number of benzene rings is 1. The molecule has 0 aliphatic carbocycles. The van der Waals surface area contributed by atoms with E-state index in [0.29, 0.717) is 6.61 Å². The van der Waals surface area contributed by atoms with Crippen LogP contribution in [-0.4, -0.2) is 29.5 Å². The fourth-order valence-electron chi connectivity index (χ4n) is 2.85. The third kappa shape index (κ3) is 6.82. The molecule has 0 aliphatic rings. The van der Waals surface area contributed by atoms with E-state index in [4.69, 9.17) is 21.1 Å². The Labute approximate surface area is 191 Å². The number of nitrogens with zero attached hydrogens (tertiary/aromatic N) is 2. The lowest BCUT2D eigenvalue weighted by atomic mass is 10.1. The molecule has 0 spiro atoms. The second-order valence-electron chi connectivity index (χ2n) is 10.0. The van der Waals surface area contributed by atoms with Crippen LogP contribution >= 0.6 is 11.6 Å². The zero-order chi connectivity index (χ0) is 23.4. The molecule has 0 radical (unpaired) electrons. The highest BCUT2D eigenvalue weighted by Gasteiger charge is 2.37. The lowest BCUT2D eigenvalue weighted by molar-refractivity contribution is 0.289. The van der Waals surface area contributed by atoms with Crippen molar-refractivity contribution in [3.8, 4) is 11.5 Å². The second-order valence-corrected chi connectivity index (χ2v) is 14.9. The summed E-state index contributed by atoms with van der Waals surface area (Å²) in [7, 11) is -2.18. The Morgan fingerprint density at radius 1 is 1.10 bits per heavy atom. The number of rotatable bonds is 9. The van der Waals surface area contributed by atoms with Crippen LogP contribution in [0.1, 0.15) is 53.0 Å². The van der Waals surface area contributed by atoms with Crippen molar-refractivity contribution in [3.05, 3.63) is 51.4 Å². The molecule has 0 unspecified atom stereocenters. The predicted octanol–water partition coefficient (Wildman–Crippen LogP) is 5.37. The van der Waals surface area contributed by atoms with E-state index in [0.717, 1.165) is 24.2 Å². The van der Waals surface area contributed by atoms with Gasteiger partial charge in [-0.05, 0) is 69.4 Å². The Bertz CT molecular complexity index is 929. The van der Waals surface area contributed by atoms with Gasteiger partial charge in [-0.2, -0.15) is 5.10 Å². The number of hydrogen-bond donors (Lipinski definition) is 1. The summed E-state index contributed by atoms with van der Waals surface area (Å²) in [4.78, 5) is 22.8. The molecule has 1 N–H and O–H groups in total. The first-order chi connectivity index (χ1) is 14.2. The minimum Gasteiger partial charge on any atom is -0.494 e. The minimum atomic E-state index is -2.18. The van der Waals surface area contributed by atoms with Gasteiger partial charge in [-0.25, -0.2) is 4.68 Å². The molecular weight excluding hydrogens is 432 g/mol. The molecule has 0 amide bonds.